The average Bonchev–Trinajstić information content (AvgIpc) is 3.24. The highest BCUT2D eigenvalue weighted by Gasteiger charge is 2.18. The molecular weight excluding hydrogens is 649 g/mol. The fraction of sp³-hybridized carbons (Fsp3) is 0. The van der Waals surface area contributed by atoms with E-state index in [-0.39, 0.29) is 0 Å². The van der Waals surface area contributed by atoms with Crippen molar-refractivity contribution in [3.8, 4) is 44.5 Å². The monoisotopic (exact) mass is 682 g/mol. The summed E-state index contributed by atoms with van der Waals surface area (Å²) in [5.41, 5.74) is 10.0. The summed E-state index contributed by atoms with van der Waals surface area (Å²) in [5, 5.41) is 15.2. The van der Waals surface area contributed by atoms with Crippen LogP contribution in [0.3, 0.4) is 0 Å². The van der Waals surface area contributed by atoms with Crippen molar-refractivity contribution in [1.82, 2.24) is 0 Å². The maximum atomic E-state index is 2.43. The van der Waals surface area contributed by atoms with Crippen molar-refractivity contribution >= 4 is 64.6 Å². The zero-order valence-corrected chi connectivity index (χ0v) is 29.6. The minimum atomic E-state index is 1.23. The Labute approximate surface area is 314 Å². The molecule has 0 amide bonds. The van der Waals surface area contributed by atoms with Crippen molar-refractivity contribution in [1.29, 1.82) is 0 Å². The normalized spacial score (nSPS) is 11.7. The maximum absolute atomic E-state index is 2.43. The predicted molar refractivity (Wildman–Crippen MR) is 233 cm³/mol. The summed E-state index contributed by atoms with van der Waals surface area (Å²) in [6.07, 6.45) is 0. The summed E-state index contributed by atoms with van der Waals surface area (Å²) < 4.78 is 0. The van der Waals surface area contributed by atoms with Crippen LogP contribution in [0.4, 0.5) is 0 Å². The molecular formula is C54H34. The van der Waals surface area contributed by atoms with Crippen LogP contribution in [0.15, 0.2) is 206 Å². The number of benzene rings is 11. The molecule has 0 saturated carbocycles. The van der Waals surface area contributed by atoms with Crippen LogP contribution < -0.4 is 0 Å². The molecule has 0 nitrogen and oxygen atoms in total. The van der Waals surface area contributed by atoms with E-state index in [2.05, 4.69) is 206 Å². The third-order valence-electron chi connectivity index (χ3n) is 11.4. The van der Waals surface area contributed by atoms with Gasteiger partial charge in [0.05, 0.1) is 0 Å². The van der Waals surface area contributed by atoms with Gasteiger partial charge in [-0.1, -0.05) is 182 Å². The first-order valence-corrected chi connectivity index (χ1v) is 18.8. The molecule has 11 rings (SSSR count). The van der Waals surface area contributed by atoms with Crippen LogP contribution in [-0.4, -0.2) is 0 Å². The van der Waals surface area contributed by atoms with Gasteiger partial charge in [-0.15, -0.1) is 0 Å². The van der Waals surface area contributed by atoms with Crippen LogP contribution >= 0.6 is 0 Å². The first kappa shape index (κ1) is 30.6. The van der Waals surface area contributed by atoms with E-state index in [0.717, 1.165) is 0 Å². The first-order chi connectivity index (χ1) is 26.8. The second kappa shape index (κ2) is 12.3. The van der Waals surface area contributed by atoms with Crippen molar-refractivity contribution in [2.45, 2.75) is 0 Å². The summed E-state index contributed by atoms with van der Waals surface area (Å²) >= 11 is 0. The van der Waals surface area contributed by atoms with Crippen molar-refractivity contribution in [3.63, 3.8) is 0 Å². The molecule has 0 saturated heterocycles. The second-order valence-electron chi connectivity index (χ2n) is 14.4. The SMILES string of the molecule is c1cc(-c2cccc3ccccc23)cc(-c2c3ccccc3c(-c3ccc4cc(-c5ccc6ccccc6c5)c5ccccc5c4c3)c3ccccc23)c1. The summed E-state index contributed by atoms with van der Waals surface area (Å²) in [6.45, 7) is 0. The van der Waals surface area contributed by atoms with Crippen LogP contribution in [0.5, 0.6) is 0 Å². The lowest BCUT2D eigenvalue weighted by Gasteiger charge is -2.19. The zero-order chi connectivity index (χ0) is 35.6. The van der Waals surface area contributed by atoms with Gasteiger partial charge in [0, 0.05) is 0 Å². The van der Waals surface area contributed by atoms with Gasteiger partial charge in [0.1, 0.15) is 0 Å². The minimum absolute atomic E-state index is 1.23. The highest BCUT2D eigenvalue weighted by Crippen LogP contribution is 2.46. The molecule has 0 aliphatic rings. The molecule has 0 radical (unpaired) electrons. The van der Waals surface area contributed by atoms with Crippen LogP contribution in [0.1, 0.15) is 0 Å². The molecule has 0 aromatic heterocycles. The summed E-state index contributed by atoms with van der Waals surface area (Å²) in [4.78, 5) is 0. The topological polar surface area (TPSA) is 0 Å². The minimum Gasteiger partial charge on any atom is -0.0616 e. The van der Waals surface area contributed by atoms with E-state index in [1.54, 1.807) is 0 Å². The molecule has 0 spiro atoms. The molecule has 0 heterocycles. The summed E-state index contributed by atoms with van der Waals surface area (Å²) in [6, 6.07) is 76.2. The molecule has 54 heavy (non-hydrogen) atoms. The van der Waals surface area contributed by atoms with Crippen LogP contribution in [-0.2, 0) is 0 Å². The third kappa shape index (κ3) is 4.85. The first-order valence-electron chi connectivity index (χ1n) is 18.8. The highest BCUT2D eigenvalue weighted by atomic mass is 14.2. The molecule has 0 N–H and O–H groups in total. The van der Waals surface area contributed by atoms with Gasteiger partial charge in [0.15, 0.2) is 0 Å². The Morgan fingerprint density at radius 2 is 0.667 bits per heavy atom. The molecule has 0 bridgehead atoms. The van der Waals surface area contributed by atoms with Crippen molar-refractivity contribution < 1.29 is 0 Å². The lowest BCUT2D eigenvalue weighted by molar-refractivity contribution is 1.63. The van der Waals surface area contributed by atoms with E-state index in [9.17, 15) is 0 Å². The lowest BCUT2D eigenvalue weighted by Crippen LogP contribution is -1.92. The van der Waals surface area contributed by atoms with Crippen LogP contribution in [0, 0.1) is 0 Å². The Balaban J connectivity index is 1.13. The molecule has 0 unspecified atom stereocenters. The zero-order valence-electron chi connectivity index (χ0n) is 29.6. The molecule has 0 aliphatic carbocycles. The Kier molecular flexibility index (Phi) is 6.97. The van der Waals surface area contributed by atoms with Gasteiger partial charge in [-0.25, -0.2) is 0 Å². The predicted octanol–water partition coefficient (Wildman–Crippen LogP) is 15.3. The number of hydrogen-bond acceptors (Lipinski definition) is 0. The highest BCUT2D eigenvalue weighted by molar-refractivity contribution is 6.23. The average molecular weight is 683 g/mol. The van der Waals surface area contributed by atoms with Gasteiger partial charge in [-0.2, -0.15) is 0 Å². The van der Waals surface area contributed by atoms with Crippen LogP contribution in [0.2, 0.25) is 0 Å². The Morgan fingerprint density at radius 3 is 1.39 bits per heavy atom. The molecule has 0 fully saturated rings. The Hall–Kier alpha value is -7.02. The van der Waals surface area contributed by atoms with Crippen molar-refractivity contribution in [2.75, 3.05) is 0 Å². The third-order valence-corrected chi connectivity index (χ3v) is 11.4. The standard InChI is InChI=1S/C54H34/c1-2-15-37-31-39(28-27-35(37)13-1)51-33-40-29-30-42(34-52(40)46-21-6-5-20-45(46)51)54-49-24-9-7-22-47(49)53(48-23-8-10-25-50(48)54)41-18-11-17-38(32-41)44-26-12-16-36-14-3-4-19-43(36)44/h1-34H. The van der Waals surface area contributed by atoms with Gasteiger partial charge in [0.2, 0.25) is 0 Å². The molecule has 11 aromatic carbocycles. The van der Waals surface area contributed by atoms with Gasteiger partial charge >= 0.3 is 0 Å². The maximum Gasteiger partial charge on any atom is -0.00261 e. The van der Waals surface area contributed by atoms with Gasteiger partial charge in [-0.05, 0) is 133 Å². The van der Waals surface area contributed by atoms with E-state index in [1.165, 1.54) is 109 Å². The second-order valence-corrected chi connectivity index (χ2v) is 14.4. The molecule has 250 valence electrons. The van der Waals surface area contributed by atoms with E-state index in [1.807, 2.05) is 0 Å². The largest absolute Gasteiger partial charge is 0.0616 e. The number of rotatable bonds is 4. The quantitative estimate of drug-likeness (QED) is 0.128. The molecule has 11 aromatic rings. The number of fused-ring (bicyclic) bond motifs is 7. The summed E-state index contributed by atoms with van der Waals surface area (Å²) in [5.74, 6) is 0. The van der Waals surface area contributed by atoms with Gasteiger partial charge in [0.25, 0.3) is 0 Å². The lowest BCUT2D eigenvalue weighted by atomic mass is 9.84. The Morgan fingerprint density at radius 1 is 0.185 bits per heavy atom. The van der Waals surface area contributed by atoms with E-state index in [4.69, 9.17) is 0 Å². The van der Waals surface area contributed by atoms with Crippen molar-refractivity contribution in [2.24, 2.45) is 0 Å². The van der Waals surface area contributed by atoms with E-state index in [0.29, 0.717) is 0 Å². The van der Waals surface area contributed by atoms with Crippen LogP contribution in [0.25, 0.3) is 109 Å². The number of hydrogen-bond donors (Lipinski definition) is 0. The molecule has 0 heteroatoms. The van der Waals surface area contributed by atoms with Gasteiger partial charge < -0.3 is 0 Å². The Bertz CT molecular complexity index is 3210. The van der Waals surface area contributed by atoms with Crippen molar-refractivity contribution in [3.05, 3.63) is 206 Å². The van der Waals surface area contributed by atoms with Gasteiger partial charge in [-0.3, -0.25) is 0 Å². The fourth-order valence-corrected chi connectivity index (χ4v) is 8.92. The van der Waals surface area contributed by atoms with E-state index >= 15 is 0 Å². The summed E-state index contributed by atoms with van der Waals surface area (Å²) in [7, 11) is 0. The fourth-order valence-electron chi connectivity index (χ4n) is 8.92. The molecule has 0 aliphatic heterocycles. The molecule has 0 atom stereocenters. The van der Waals surface area contributed by atoms with E-state index < -0.39 is 0 Å². The smallest absolute Gasteiger partial charge is 0.00261 e.